The van der Waals surface area contributed by atoms with Crippen LogP contribution in [0.15, 0.2) is 126 Å². The molecule has 0 aliphatic heterocycles. The number of hydrogen-bond acceptors (Lipinski definition) is 2. The van der Waals surface area contributed by atoms with Crippen LogP contribution in [0.4, 0.5) is 0 Å². The van der Waals surface area contributed by atoms with E-state index in [2.05, 4.69) is 142 Å². The standard InChI is InChI=1S/C36H20BrNS2/c37-22-9-7-8-21(18-22)28-20-29-24-10-1-4-13-30(24)38(35(29)34-27-12-3-6-15-32(27)40-36(28)34)23-16-17-26-25-11-2-5-14-31(25)39-33(26)19-23/h1-20H. The summed E-state index contributed by atoms with van der Waals surface area (Å²) in [7, 11) is 0. The minimum absolute atomic E-state index is 1.10. The summed E-state index contributed by atoms with van der Waals surface area (Å²) in [6.07, 6.45) is 0. The van der Waals surface area contributed by atoms with Gasteiger partial charge in [0.25, 0.3) is 0 Å². The number of halogens is 1. The third kappa shape index (κ3) is 3.18. The van der Waals surface area contributed by atoms with Crippen LogP contribution in [0, 0.1) is 0 Å². The molecular weight excluding hydrogens is 590 g/mol. The predicted molar refractivity (Wildman–Crippen MR) is 180 cm³/mol. The molecule has 3 aromatic heterocycles. The number of benzene rings is 6. The number of thiophene rings is 2. The zero-order valence-electron chi connectivity index (χ0n) is 21.2. The fourth-order valence-electron chi connectivity index (χ4n) is 6.33. The number of aromatic nitrogens is 1. The van der Waals surface area contributed by atoms with Gasteiger partial charge in [-0.1, -0.05) is 88.7 Å². The van der Waals surface area contributed by atoms with Gasteiger partial charge in [0.2, 0.25) is 0 Å². The highest BCUT2D eigenvalue weighted by molar-refractivity contribution is 9.10. The lowest BCUT2D eigenvalue weighted by Gasteiger charge is -2.11. The molecule has 0 aliphatic rings. The molecule has 0 N–H and O–H groups in total. The molecule has 1 nitrogen and oxygen atoms in total. The van der Waals surface area contributed by atoms with Crippen molar-refractivity contribution in [2.45, 2.75) is 0 Å². The van der Waals surface area contributed by atoms with E-state index < -0.39 is 0 Å². The molecule has 4 heteroatoms. The molecule has 188 valence electrons. The molecule has 0 spiro atoms. The van der Waals surface area contributed by atoms with Crippen molar-refractivity contribution in [2.75, 3.05) is 0 Å². The van der Waals surface area contributed by atoms with Gasteiger partial charge in [0.1, 0.15) is 0 Å². The minimum atomic E-state index is 1.10. The third-order valence-electron chi connectivity index (χ3n) is 8.04. The Morgan fingerprint density at radius 1 is 0.525 bits per heavy atom. The van der Waals surface area contributed by atoms with Gasteiger partial charge in [-0.2, -0.15) is 0 Å². The van der Waals surface area contributed by atoms with E-state index in [1.165, 1.54) is 79.0 Å². The fraction of sp³-hybridized carbons (Fsp3) is 0. The van der Waals surface area contributed by atoms with E-state index >= 15 is 0 Å². The largest absolute Gasteiger partial charge is 0.309 e. The van der Waals surface area contributed by atoms with Gasteiger partial charge >= 0.3 is 0 Å². The maximum absolute atomic E-state index is 3.71. The molecule has 0 radical (unpaired) electrons. The van der Waals surface area contributed by atoms with Crippen molar-refractivity contribution in [2.24, 2.45) is 0 Å². The van der Waals surface area contributed by atoms with Crippen molar-refractivity contribution in [3.05, 3.63) is 126 Å². The van der Waals surface area contributed by atoms with E-state index in [0.717, 1.165) is 4.47 Å². The topological polar surface area (TPSA) is 4.93 Å². The summed E-state index contributed by atoms with van der Waals surface area (Å²) in [6.45, 7) is 0. The lowest BCUT2D eigenvalue weighted by atomic mass is 9.99. The van der Waals surface area contributed by atoms with Gasteiger partial charge in [0.05, 0.1) is 11.0 Å². The second-order valence-electron chi connectivity index (χ2n) is 10.3. The maximum Gasteiger partial charge on any atom is 0.0634 e. The second-order valence-corrected chi connectivity index (χ2v) is 13.3. The van der Waals surface area contributed by atoms with Gasteiger partial charge in [0, 0.05) is 66.8 Å². The Balaban J connectivity index is 1.48. The van der Waals surface area contributed by atoms with Crippen molar-refractivity contribution in [1.29, 1.82) is 0 Å². The van der Waals surface area contributed by atoms with Crippen LogP contribution in [0.25, 0.3) is 79.0 Å². The molecule has 0 bridgehead atoms. The molecule has 0 saturated carbocycles. The molecule has 0 unspecified atom stereocenters. The van der Waals surface area contributed by atoms with Gasteiger partial charge in [-0.3, -0.25) is 0 Å². The first kappa shape index (κ1) is 22.8. The number of fused-ring (bicyclic) bond motifs is 10. The first-order chi connectivity index (χ1) is 19.7. The van der Waals surface area contributed by atoms with E-state index in [1.807, 2.05) is 22.7 Å². The normalized spacial score (nSPS) is 12.1. The Morgan fingerprint density at radius 3 is 2.10 bits per heavy atom. The van der Waals surface area contributed by atoms with Crippen LogP contribution in [0.3, 0.4) is 0 Å². The van der Waals surface area contributed by atoms with Gasteiger partial charge in [-0.15, -0.1) is 22.7 Å². The summed E-state index contributed by atoms with van der Waals surface area (Å²) in [4.78, 5) is 0. The van der Waals surface area contributed by atoms with Crippen LogP contribution in [0.5, 0.6) is 0 Å². The predicted octanol–water partition coefficient (Wildman–Crippen LogP) is 11.9. The fourth-order valence-corrected chi connectivity index (χ4v) is 9.11. The van der Waals surface area contributed by atoms with Gasteiger partial charge < -0.3 is 4.57 Å². The SMILES string of the molecule is Brc1cccc(-c2cc3c4ccccc4n(-c4ccc5c(c4)sc4ccccc45)c3c3c2sc2ccccc23)c1. The van der Waals surface area contributed by atoms with Crippen molar-refractivity contribution < 1.29 is 0 Å². The van der Waals surface area contributed by atoms with Gasteiger partial charge in [0.15, 0.2) is 0 Å². The maximum atomic E-state index is 3.71. The second kappa shape index (κ2) is 8.52. The van der Waals surface area contributed by atoms with E-state index in [0.29, 0.717) is 0 Å². The highest BCUT2D eigenvalue weighted by atomic mass is 79.9. The van der Waals surface area contributed by atoms with Crippen molar-refractivity contribution in [3.8, 4) is 16.8 Å². The Labute approximate surface area is 246 Å². The number of hydrogen-bond donors (Lipinski definition) is 0. The summed E-state index contributed by atoms with van der Waals surface area (Å²) in [5.41, 5.74) is 6.25. The Hall–Kier alpha value is -3.96. The summed E-state index contributed by atoms with van der Waals surface area (Å²) in [5.74, 6) is 0. The average molecular weight is 611 g/mol. The first-order valence-electron chi connectivity index (χ1n) is 13.3. The summed E-state index contributed by atoms with van der Waals surface area (Å²) in [6, 6.07) is 44.6. The van der Waals surface area contributed by atoms with E-state index in [1.54, 1.807) is 0 Å². The molecule has 40 heavy (non-hydrogen) atoms. The molecule has 0 amide bonds. The number of para-hydroxylation sites is 1. The highest BCUT2D eigenvalue weighted by Gasteiger charge is 2.21. The lowest BCUT2D eigenvalue weighted by molar-refractivity contribution is 1.19. The monoisotopic (exact) mass is 609 g/mol. The summed E-state index contributed by atoms with van der Waals surface area (Å²) in [5, 5.41) is 7.88. The van der Waals surface area contributed by atoms with E-state index in [9.17, 15) is 0 Å². The first-order valence-corrected chi connectivity index (χ1v) is 15.7. The van der Waals surface area contributed by atoms with Gasteiger partial charge in [-0.05, 0) is 54.1 Å². The summed E-state index contributed by atoms with van der Waals surface area (Å²) >= 11 is 7.49. The zero-order chi connectivity index (χ0) is 26.4. The van der Waals surface area contributed by atoms with Crippen LogP contribution in [0.2, 0.25) is 0 Å². The molecule has 9 aromatic rings. The average Bonchev–Trinajstić information content (AvgIpc) is 3.65. The molecular formula is C36H20BrNS2. The zero-order valence-corrected chi connectivity index (χ0v) is 24.4. The third-order valence-corrected chi connectivity index (χ3v) is 10.9. The van der Waals surface area contributed by atoms with E-state index in [4.69, 9.17) is 0 Å². The van der Waals surface area contributed by atoms with E-state index in [-0.39, 0.29) is 0 Å². The Kier molecular flexibility index (Phi) is 4.86. The van der Waals surface area contributed by atoms with Crippen LogP contribution in [-0.2, 0) is 0 Å². The quantitative estimate of drug-likeness (QED) is 0.184. The molecule has 0 aliphatic carbocycles. The summed E-state index contributed by atoms with van der Waals surface area (Å²) < 4.78 is 8.90. The molecule has 0 atom stereocenters. The Morgan fingerprint density at radius 2 is 1.25 bits per heavy atom. The Bertz CT molecular complexity index is 2460. The molecule has 0 fully saturated rings. The highest BCUT2D eigenvalue weighted by Crippen LogP contribution is 2.48. The van der Waals surface area contributed by atoms with Crippen molar-refractivity contribution in [1.82, 2.24) is 4.57 Å². The minimum Gasteiger partial charge on any atom is -0.309 e. The number of nitrogens with zero attached hydrogens (tertiary/aromatic N) is 1. The van der Waals surface area contributed by atoms with Crippen LogP contribution in [-0.4, -0.2) is 4.57 Å². The molecule has 0 saturated heterocycles. The molecule has 6 aromatic carbocycles. The van der Waals surface area contributed by atoms with Crippen LogP contribution >= 0.6 is 38.6 Å². The van der Waals surface area contributed by atoms with Gasteiger partial charge in [-0.25, -0.2) is 0 Å². The number of rotatable bonds is 2. The lowest BCUT2D eigenvalue weighted by Crippen LogP contribution is -1.94. The van der Waals surface area contributed by atoms with Crippen molar-refractivity contribution >= 4 is 101 Å². The smallest absolute Gasteiger partial charge is 0.0634 e. The van der Waals surface area contributed by atoms with Crippen LogP contribution < -0.4 is 0 Å². The van der Waals surface area contributed by atoms with Crippen molar-refractivity contribution in [3.63, 3.8) is 0 Å². The molecule has 9 rings (SSSR count). The van der Waals surface area contributed by atoms with Crippen LogP contribution in [0.1, 0.15) is 0 Å². The molecule has 3 heterocycles.